The van der Waals surface area contributed by atoms with Gasteiger partial charge in [0.1, 0.15) is 5.75 Å². The predicted octanol–water partition coefficient (Wildman–Crippen LogP) is 8.38. The maximum atomic E-state index is 14.6. The summed E-state index contributed by atoms with van der Waals surface area (Å²) >= 11 is 0. The van der Waals surface area contributed by atoms with E-state index in [0.29, 0.717) is 30.7 Å². The molecule has 5 heteroatoms. The molecule has 0 unspecified atom stereocenters. The number of hydrogen-bond acceptors (Lipinski definition) is 1. The molecule has 3 saturated carbocycles. The second kappa shape index (κ2) is 9.70. The Morgan fingerprint density at radius 2 is 1.13 bits per heavy atom. The molecular weight excluding hydrogens is 404 g/mol. The third-order valence-electron chi connectivity index (χ3n) is 8.60. The highest BCUT2D eigenvalue weighted by atomic mass is 19.3. The topological polar surface area (TPSA) is 9.23 Å². The molecule has 1 aromatic rings. The lowest BCUT2D eigenvalue weighted by Crippen LogP contribution is -2.38. The van der Waals surface area contributed by atoms with Gasteiger partial charge in [-0.2, -0.15) is 8.78 Å². The normalized spacial score (nSPS) is 35.0. The van der Waals surface area contributed by atoms with Crippen LogP contribution in [0, 0.1) is 47.1 Å². The Kier molecular flexibility index (Phi) is 7.17. The lowest BCUT2D eigenvalue weighted by Gasteiger charge is -2.41. The van der Waals surface area contributed by atoms with E-state index in [1.54, 1.807) is 0 Å². The third-order valence-corrected chi connectivity index (χ3v) is 8.60. The molecule has 3 fully saturated rings. The van der Waals surface area contributed by atoms with Gasteiger partial charge in [-0.3, -0.25) is 0 Å². The number of halogens is 4. The summed E-state index contributed by atoms with van der Waals surface area (Å²) in [7, 11) is 0. The van der Waals surface area contributed by atoms with Gasteiger partial charge in [0.05, 0.1) is 5.92 Å². The Labute approximate surface area is 183 Å². The van der Waals surface area contributed by atoms with Crippen molar-refractivity contribution in [2.24, 2.45) is 35.5 Å². The average molecular weight is 441 g/mol. The first-order valence-corrected chi connectivity index (χ1v) is 12.3. The molecule has 0 heterocycles. The van der Waals surface area contributed by atoms with Crippen LogP contribution in [-0.2, 0) is 0 Å². The van der Waals surface area contributed by atoms with E-state index in [-0.39, 0.29) is 5.75 Å². The van der Waals surface area contributed by atoms with Crippen LogP contribution in [-0.4, -0.2) is 6.11 Å². The Morgan fingerprint density at radius 3 is 1.61 bits per heavy atom. The van der Waals surface area contributed by atoms with Gasteiger partial charge in [-0.15, -0.1) is 0 Å². The van der Waals surface area contributed by atoms with Gasteiger partial charge in [0, 0.05) is 6.07 Å². The van der Waals surface area contributed by atoms with Gasteiger partial charge in [-0.25, -0.2) is 8.78 Å². The first-order chi connectivity index (χ1) is 14.8. The number of hydrogen-bond donors (Lipinski definition) is 0. The largest absolute Gasteiger partial charge is 0.432 e. The molecule has 1 nitrogen and oxygen atoms in total. The Bertz CT molecular complexity index is 712. The molecule has 0 spiro atoms. The molecule has 0 aliphatic heterocycles. The van der Waals surface area contributed by atoms with Gasteiger partial charge < -0.3 is 4.74 Å². The van der Waals surface area contributed by atoms with Crippen molar-refractivity contribution in [3.8, 4) is 5.75 Å². The fourth-order valence-corrected chi connectivity index (χ4v) is 6.55. The SMILES string of the molecule is CC1CCC(C2CCC(C3CCC(C(F)(F)Oc4ccc(F)c(F)c4)CC3)CC2)CC1. The molecular formula is C26H36F4O. The molecule has 3 aliphatic rings. The van der Waals surface area contributed by atoms with Crippen molar-refractivity contribution >= 4 is 0 Å². The molecule has 3 aliphatic carbocycles. The highest BCUT2D eigenvalue weighted by Crippen LogP contribution is 2.48. The molecule has 1 aromatic carbocycles. The van der Waals surface area contributed by atoms with Crippen LogP contribution in [0.1, 0.15) is 84.0 Å². The molecule has 0 aromatic heterocycles. The summed E-state index contributed by atoms with van der Waals surface area (Å²) in [5, 5.41) is 0. The minimum Gasteiger partial charge on any atom is -0.432 e. The summed E-state index contributed by atoms with van der Waals surface area (Å²) in [6, 6.07) is 2.57. The van der Waals surface area contributed by atoms with Gasteiger partial charge in [0.2, 0.25) is 0 Å². The molecule has 4 rings (SSSR count). The van der Waals surface area contributed by atoms with E-state index in [2.05, 4.69) is 6.92 Å². The number of benzene rings is 1. The van der Waals surface area contributed by atoms with Crippen LogP contribution >= 0.6 is 0 Å². The lowest BCUT2D eigenvalue weighted by atomic mass is 9.65. The maximum Gasteiger partial charge on any atom is 0.400 e. The standard InChI is InChI=1S/C26H36F4O/c1-17-2-4-18(5-3-17)19-6-8-20(9-7-19)21-10-12-22(13-11-21)26(29,30)31-23-14-15-24(27)25(28)16-23/h14-22H,2-13H2,1H3. The fourth-order valence-electron chi connectivity index (χ4n) is 6.55. The number of alkyl halides is 2. The van der Waals surface area contributed by atoms with Gasteiger partial charge in [0.25, 0.3) is 0 Å². The molecule has 31 heavy (non-hydrogen) atoms. The predicted molar refractivity (Wildman–Crippen MR) is 114 cm³/mol. The number of rotatable bonds is 5. The average Bonchev–Trinajstić information content (AvgIpc) is 2.77. The Morgan fingerprint density at radius 1 is 0.677 bits per heavy atom. The number of ether oxygens (including phenoxy) is 1. The lowest BCUT2D eigenvalue weighted by molar-refractivity contribution is -0.224. The van der Waals surface area contributed by atoms with Crippen LogP contribution < -0.4 is 4.74 Å². The van der Waals surface area contributed by atoms with Crippen molar-refractivity contribution in [2.75, 3.05) is 0 Å². The minimum atomic E-state index is -3.36. The van der Waals surface area contributed by atoms with Crippen LogP contribution in [0.4, 0.5) is 17.6 Å². The quantitative estimate of drug-likeness (QED) is 0.418. The molecule has 0 bridgehead atoms. The molecule has 0 N–H and O–H groups in total. The van der Waals surface area contributed by atoms with Crippen molar-refractivity contribution in [1.82, 2.24) is 0 Å². The first-order valence-electron chi connectivity index (χ1n) is 12.3. The van der Waals surface area contributed by atoms with E-state index in [9.17, 15) is 17.6 Å². The van der Waals surface area contributed by atoms with Crippen LogP contribution in [0.3, 0.4) is 0 Å². The van der Waals surface area contributed by atoms with E-state index in [1.807, 2.05) is 0 Å². The molecule has 174 valence electrons. The van der Waals surface area contributed by atoms with Crippen molar-refractivity contribution in [2.45, 2.75) is 90.1 Å². The van der Waals surface area contributed by atoms with Crippen LogP contribution in [0.25, 0.3) is 0 Å². The summed E-state index contributed by atoms with van der Waals surface area (Å²) in [6.45, 7) is 2.37. The molecule has 0 atom stereocenters. The van der Waals surface area contributed by atoms with Gasteiger partial charge in [-0.1, -0.05) is 19.8 Å². The summed E-state index contributed by atoms with van der Waals surface area (Å²) in [4.78, 5) is 0. The van der Waals surface area contributed by atoms with E-state index < -0.39 is 23.7 Å². The van der Waals surface area contributed by atoms with Crippen LogP contribution in [0.2, 0.25) is 0 Å². The second-order valence-electron chi connectivity index (χ2n) is 10.5. The third kappa shape index (κ3) is 5.57. The van der Waals surface area contributed by atoms with Gasteiger partial charge in [-0.05, 0) is 106 Å². The Hall–Kier alpha value is -1.26. The molecule has 0 saturated heterocycles. The summed E-state index contributed by atoms with van der Waals surface area (Å²) in [5.41, 5.74) is 0. The zero-order valence-corrected chi connectivity index (χ0v) is 18.6. The van der Waals surface area contributed by atoms with E-state index >= 15 is 0 Å². The molecule has 0 radical (unpaired) electrons. The van der Waals surface area contributed by atoms with Crippen molar-refractivity contribution in [3.63, 3.8) is 0 Å². The van der Waals surface area contributed by atoms with Crippen molar-refractivity contribution < 1.29 is 22.3 Å². The van der Waals surface area contributed by atoms with Crippen LogP contribution in [0.5, 0.6) is 5.75 Å². The minimum absolute atomic E-state index is 0.318. The van der Waals surface area contributed by atoms with Gasteiger partial charge >= 0.3 is 6.11 Å². The van der Waals surface area contributed by atoms with Crippen molar-refractivity contribution in [1.29, 1.82) is 0 Å². The Balaban J connectivity index is 1.23. The summed E-state index contributed by atoms with van der Waals surface area (Å²) in [6.07, 6.45) is 9.86. The first kappa shape index (κ1) is 22.9. The van der Waals surface area contributed by atoms with E-state index in [4.69, 9.17) is 4.74 Å². The monoisotopic (exact) mass is 440 g/mol. The highest BCUT2D eigenvalue weighted by molar-refractivity contribution is 5.24. The van der Waals surface area contributed by atoms with E-state index in [1.165, 1.54) is 51.4 Å². The zero-order valence-electron chi connectivity index (χ0n) is 18.6. The van der Waals surface area contributed by atoms with Crippen LogP contribution in [0.15, 0.2) is 18.2 Å². The maximum absolute atomic E-state index is 14.6. The smallest absolute Gasteiger partial charge is 0.400 e. The summed E-state index contributed by atoms with van der Waals surface area (Å²) in [5.74, 6) is 0.502. The van der Waals surface area contributed by atoms with Gasteiger partial charge in [0.15, 0.2) is 11.6 Å². The highest BCUT2D eigenvalue weighted by Gasteiger charge is 2.45. The zero-order chi connectivity index (χ0) is 22.0. The summed E-state index contributed by atoms with van der Waals surface area (Å²) < 4.78 is 60.4. The fraction of sp³-hybridized carbons (Fsp3) is 0.769. The molecule has 0 amide bonds. The van der Waals surface area contributed by atoms with E-state index in [0.717, 1.165) is 42.7 Å². The van der Waals surface area contributed by atoms with Crippen molar-refractivity contribution in [3.05, 3.63) is 29.8 Å². The second-order valence-corrected chi connectivity index (χ2v) is 10.5.